The van der Waals surface area contributed by atoms with Crippen LogP contribution in [0.15, 0.2) is 17.9 Å². The van der Waals surface area contributed by atoms with Crippen LogP contribution in [0.3, 0.4) is 0 Å². The van der Waals surface area contributed by atoms with Crippen molar-refractivity contribution in [3.63, 3.8) is 0 Å². The van der Waals surface area contributed by atoms with E-state index in [1.165, 1.54) is 6.07 Å². The first-order valence-electron chi connectivity index (χ1n) is 6.37. The zero-order chi connectivity index (χ0) is 15.4. The van der Waals surface area contributed by atoms with E-state index in [-0.39, 0.29) is 17.7 Å². The number of fused-ring (bicyclic) bond motifs is 1. The summed E-state index contributed by atoms with van der Waals surface area (Å²) in [5.41, 5.74) is 0.402. The molecule has 1 aromatic rings. The zero-order valence-corrected chi connectivity index (χ0v) is 12.0. The van der Waals surface area contributed by atoms with Gasteiger partial charge >= 0.3 is 6.18 Å². The van der Waals surface area contributed by atoms with Crippen molar-refractivity contribution in [2.75, 3.05) is 6.61 Å². The number of hydrogen-bond acceptors (Lipinski definition) is 3. The average molecular weight is 315 g/mol. The zero-order valence-electron chi connectivity index (χ0n) is 11.1. The normalized spacial score (nSPS) is 18.3. The van der Waals surface area contributed by atoms with Crippen molar-refractivity contribution >= 4 is 24.3 Å². The molecule has 0 bridgehead atoms. The predicted molar refractivity (Wildman–Crippen MR) is 73.5 cm³/mol. The van der Waals surface area contributed by atoms with Gasteiger partial charge in [0.2, 0.25) is 0 Å². The minimum Gasteiger partial charge on any atom is -0.498 e. The van der Waals surface area contributed by atoms with Gasteiger partial charge in [-0.15, -0.1) is 0 Å². The highest BCUT2D eigenvalue weighted by Gasteiger charge is 2.40. The van der Waals surface area contributed by atoms with Crippen LogP contribution in [-0.2, 0) is 17.5 Å². The van der Waals surface area contributed by atoms with Crippen molar-refractivity contribution in [2.24, 2.45) is 0 Å². The number of alkyl halides is 3. The standard InChI is InChI=1S/C14H12F3NO2S/c1-7-9(2-3-20-7)8-4-10-11(6-18(21)13(10)19)12(5-8)14(15,16)17/h4-5,21H,2-3,6H2,1H3. The summed E-state index contributed by atoms with van der Waals surface area (Å²) in [6.45, 7) is 2.03. The first-order valence-corrected chi connectivity index (χ1v) is 6.77. The van der Waals surface area contributed by atoms with Crippen LogP contribution in [0.1, 0.15) is 40.4 Å². The maximum Gasteiger partial charge on any atom is 0.416 e. The lowest BCUT2D eigenvalue weighted by molar-refractivity contribution is -0.138. The number of thiol groups is 1. The van der Waals surface area contributed by atoms with Crippen molar-refractivity contribution < 1.29 is 22.7 Å². The molecule has 112 valence electrons. The number of carbonyl (C=O) groups is 1. The number of rotatable bonds is 1. The first kappa shape index (κ1) is 14.3. The molecule has 21 heavy (non-hydrogen) atoms. The van der Waals surface area contributed by atoms with E-state index in [1.807, 2.05) is 0 Å². The summed E-state index contributed by atoms with van der Waals surface area (Å²) in [6.07, 6.45) is -3.96. The molecule has 1 aromatic carbocycles. The van der Waals surface area contributed by atoms with Crippen molar-refractivity contribution in [1.29, 1.82) is 0 Å². The molecule has 0 fully saturated rings. The molecule has 3 rings (SSSR count). The Morgan fingerprint density at radius 3 is 2.62 bits per heavy atom. The number of hydrogen-bond donors (Lipinski definition) is 1. The smallest absolute Gasteiger partial charge is 0.416 e. The van der Waals surface area contributed by atoms with Gasteiger partial charge in [-0.3, -0.25) is 9.10 Å². The van der Waals surface area contributed by atoms with Gasteiger partial charge in [0.05, 0.1) is 24.5 Å². The van der Waals surface area contributed by atoms with Gasteiger partial charge in [0, 0.05) is 17.6 Å². The van der Waals surface area contributed by atoms with Crippen LogP contribution in [0.4, 0.5) is 13.2 Å². The summed E-state index contributed by atoms with van der Waals surface area (Å²) in [6, 6.07) is 2.61. The van der Waals surface area contributed by atoms with Gasteiger partial charge in [-0.1, -0.05) is 12.8 Å². The fourth-order valence-corrected chi connectivity index (χ4v) is 2.99. The molecule has 1 amide bonds. The van der Waals surface area contributed by atoms with Crippen LogP contribution in [0, 0.1) is 0 Å². The maximum atomic E-state index is 13.3. The monoisotopic (exact) mass is 315 g/mol. The van der Waals surface area contributed by atoms with Crippen molar-refractivity contribution in [1.82, 2.24) is 4.31 Å². The third kappa shape index (κ3) is 2.29. The number of carbonyl (C=O) groups excluding carboxylic acids is 1. The Morgan fingerprint density at radius 1 is 1.33 bits per heavy atom. The van der Waals surface area contributed by atoms with Gasteiger partial charge in [0.15, 0.2) is 0 Å². The van der Waals surface area contributed by atoms with Crippen LogP contribution in [-0.4, -0.2) is 16.8 Å². The molecular weight excluding hydrogens is 303 g/mol. The number of benzene rings is 1. The van der Waals surface area contributed by atoms with E-state index in [0.717, 1.165) is 10.4 Å². The highest BCUT2D eigenvalue weighted by atomic mass is 32.1. The average Bonchev–Trinajstić information content (AvgIpc) is 2.93. The van der Waals surface area contributed by atoms with Crippen LogP contribution < -0.4 is 0 Å². The Hall–Kier alpha value is -1.63. The summed E-state index contributed by atoms with van der Waals surface area (Å²) < 4.78 is 46.1. The van der Waals surface area contributed by atoms with E-state index in [4.69, 9.17) is 4.74 Å². The molecule has 0 aliphatic carbocycles. The summed E-state index contributed by atoms with van der Waals surface area (Å²) in [7, 11) is 0. The fraction of sp³-hybridized carbons (Fsp3) is 0.357. The van der Waals surface area contributed by atoms with Crippen molar-refractivity contribution in [3.05, 3.63) is 40.1 Å². The lowest BCUT2D eigenvalue weighted by Crippen LogP contribution is -2.11. The summed E-state index contributed by atoms with van der Waals surface area (Å²) in [4.78, 5) is 12.0. The van der Waals surface area contributed by atoms with Gasteiger partial charge in [0.1, 0.15) is 0 Å². The molecule has 2 aliphatic rings. The minimum absolute atomic E-state index is 0.0107. The molecule has 0 atom stereocenters. The van der Waals surface area contributed by atoms with Gasteiger partial charge in [-0.05, 0) is 30.2 Å². The molecule has 0 spiro atoms. The first-order chi connectivity index (χ1) is 9.79. The maximum absolute atomic E-state index is 13.3. The lowest BCUT2D eigenvalue weighted by atomic mass is 9.94. The van der Waals surface area contributed by atoms with Crippen molar-refractivity contribution in [2.45, 2.75) is 26.1 Å². The molecule has 2 aliphatic heterocycles. The Balaban J connectivity index is 2.22. The Morgan fingerprint density at radius 2 is 2.05 bits per heavy atom. The van der Waals surface area contributed by atoms with Crippen LogP contribution in [0.5, 0.6) is 0 Å². The van der Waals surface area contributed by atoms with E-state index < -0.39 is 17.6 Å². The number of amides is 1. The molecule has 0 aromatic heterocycles. The summed E-state index contributed by atoms with van der Waals surface area (Å²) in [5, 5.41) is 0. The largest absolute Gasteiger partial charge is 0.498 e. The van der Waals surface area contributed by atoms with E-state index in [1.54, 1.807) is 6.92 Å². The third-order valence-corrected chi connectivity index (χ3v) is 4.10. The van der Waals surface area contributed by atoms with Gasteiger partial charge in [-0.2, -0.15) is 13.2 Å². The van der Waals surface area contributed by atoms with Crippen LogP contribution >= 0.6 is 12.8 Å². The Labute approximate surface area is 124 Å². The molecular formula is C14H12F3NO2S. The van der Waals surface area contributed by atoms with E-state index in [9.17, 15) is 18.0 Å². The lowest BCUT2D eigenvalue weighted by Gasteiger charge is -2.14. The third-order valence-electron chi connectivity index (χ3n) is 3.77. The highest BCUT2D eigenvalue weighted by Crippen LogP contribution is 2.41. The van der Waals surface area contributed by atoms with Crippen molar-refractivity contribution in [3.8, 4) is 0 Å². The van der Waals surface area contributed by atoms with Gasteiger partial charge in [0.25, 0.3) is 5.91 Å². The molecule has 2 heterocycles. The second-order valence-corrected chi connectivity index (χ2v) is 5.53. The molecule has 0 N–H and O–H groups in total. The summed E-state index contributed by atoms with van der Waals surface area (Å²) >= 11 is 3.92. The van der Waals surface area contributed by atoms with Crippen LogP contribution in [0.2, 0.25) is 0 Å². The van der Waals surface area contributed by atoms with E-state index in [0.29, 0.717) is 29.9 Å². The second kappa shape index (κ2) is 4.69. The number of ether oxygens (including phenoxy) is 1. The fourth-order valence-electron chi connectivity index (χ4n) is 2.74. The Bertz CT molecular complexity index is 667. The summed E-state index contributed by atoms with van der Waals surface area (Å²) in [5.74, 6) is 0.106. The van der Waals surface area contributed by atoms with Gasteiger partial charge < -0.3 is 4.74 Å². The van der Waals surface area contributed by atoms with E-state index in [2.05, 4.69) is 12.8 Å². The molecule has 0 saturated carbocycles. The topological polar surface area (TPSA) is 29.5 Å². The molecule has 0 radical (unpaired) electrons. The van der Waals surface area contributed by atoms with E-state index >= 15 is 0 Å². The number of allylic oxidation sites excluding steroid dienone is 1. The SMILES string of the molecule is CC1=C(c2cc3c(c(C(F)(F)F)c2)CN(S)C3=O)CCO1. The second-order valence-electron chi connectivity index (χ2n) is 5.04. The van der Waals surface area contributed by atoms with Gasteiger partial charge in [-0.25, -0.2) is 0 Å². The highest BCUT2D eigenvalue weighted by molar-refractivity contribution is 7.78. The van der Waals surface area contributed by atoms with Crippen LogP contribution in [0.25, 0.3) is 5.57 Å². The molecule has 0 unspecified atom stereocenters. The molecule has 0 saturated heterocycles. The minimum atomic E-state index is -4.51. The molecule has 3 nitrogen and oxygen atoms in total. The predicted octanol–water partition coefficient (Wildman–Crippen LogP) is 3.66. The Kier molecular flexibility index (Phi) is 3.20. The molecule has 7 heteroatoms. The quantitative estimate of drug-likeness (QED) is 0.802. The number of nitrogens with zero attached hydrogens (tertiary/aromatic N) is 1. The number of halogens is 3.